The van der Waals surface area contributed by atoms with Gasteiger partial charge in [-0.05, 0) is 29.8 Å². The highest BCUT2D eigenvalue weighted by molar-refractivity contribution is 6.48. The summed E-state index contributed by atoms with van der Waals surface area (Å²) >= 11 is 17.3. The Morgan fingerprint density at radius 3 is 2.02 bits per heavy atom. The third-order valence-corrected chi connectivity index (χ3v) is 6.96. The fraction of sp³-hybridized carbons (Fsp3) is 0.333. The summed E-state index contributed by atoms with van der Waals surface area (Å²) in [6.07, 6.45) is -15.5. The van der Waals surface area contributed by atoms with Crippen LogP contribution in [-0.2, 0) is 15.8 Å². The highest BCUT2D eigenvalue weighted by atomic mass is 35.5. The summed E-state index contributed by atoms with van der Waals surface area (Å²) in [6, 6.07) is 2.66. The van der Waals surface area contributed by atoms with Gasteiger partial charge in [0, 0.05) is 23.5 Å². The van der Waals surface area contributed by atoms with E-state index in [0.717, 1.165) is 25.1 Å². The number of benzene rings is 2. The second kappa shape index (κ2) is 14.5. The fourth-order valence-electron chi connectivity index (χ4n) is 3.76. The van der Waals surface area contributed by atoms with Crippen LogP contribution in [-0.4, -0.2) is 42.3 Å². The Morgan fingerprint density at radius 1 is 0.977 bits per heavy atom. The Kier molecular flexibility index (Phi) is 12.3. The predicted molar refractivity (Wildman–Crippen MR) is 143 cm³/mol. The van der Waals surface area contributed by atoms with E-state index in [1.165, 1.54) is 0 Å². The molecule has 0 saturated heterocycles. The van der Waals surface area contributed by atoms with Gasteiger partial charge < -0.3 is 0 Å². The van der Waals surface area contributed by atoms with Crippen molar-refractivity contribution in [2.24, 2.45) is 5.92 Å². The van der Waals surface area contributed by atoms with Gasteiger partial charge in [0.05, 0.1) is 27.2 Å². The zero-order valence-corrected chi connectivity index (χ0v) is 24.4. The number of halogens is 13. The molecule has 0 aliphatic rings. The lowest BCUT2D eigenvalue weighted by molar-refractivity contribution is -0.231. The lowest BCUT2D eigenvalue weighted by atomic mass is 9.92. The van der Waals surface area contributed by atoms with Crippen LogP contribution < -0.4 is 0 Å². The molecule has 0 radical (unpaired) electrons. The van der Waals surface area contributed by atoms with Crippen LogP contribution >= 0.6 is 34.8 Å². The van der Waals surface area contributed by atoms with Crippen LogP contribution in [0.3, 0.4) is 0 Å². The fourth-order valence-corrected chi connectivity index (χ4v) is 4.37. The second-order valence-electron chi connectivity index (χ2n) is 9.19. The largest absolute Gasteiger partial charge is 0.417 e. The van der Waals surface area contributed by atoms with Crippen LogP contribution in [0, 0.1) is 5.92 Å². The van der Waals surface area contributed by atoms with E-state index in [9.17, 15) is 49.1 Å². The van der Waals surface area contributed by atoms with E-state index in [0.29, 0.717) is 12.1 Å². The maximum atomic E-state index is 15.1. The summed E-state index contributed by atoms with van der Waals surface area (Å²) in [4.78, 5) is 29.9. The molecule has 0 fully saturated rings. The summed E-state index contributed by atoms with van der Waals surface area (Å²) in [5.41, 5.74) is -4.54. The zero-order valence-electron chi connectivity index (χ0n) is 22.1. The predicted octanol–water partition coefficient (Wildman–Crippen LogP) is 10.0. The summed E-state index contributed by atoms with van der Waals surface area (Å²) in [5.74, 6) is -8.86. The number of alkyl halides is 9. The van der Waals surface area contributed by atoms with Crippen molar-refractivity contribution in [1.82, 2.24) is 5.06 Å². The first-order valence-electron chi connectivity index (χ1n) is 12.0. The number of carbonyl (C=O) groups is 2. The number of hydrogen-bond donors (Lipinski definition) is 0. The van der Waals surface area contributed by atoms with Crippen LogP contribution in [0.4, 0.5) is 43.9 Å². The number of nitrogens with zero attached hydrogens (tertiary/aromatic N) is 1. The van der Waals surface area contributed by atoms with Crippen molar-refractivity contribution in [3.8, 4) is 0 Å². The van der Waals surface area contributed by atoms with E-state index in [4.69, 9.17) is 34.8 Å². The number of hydrogen-bond acceptors (Lipinski definition) is 3. The van der Waals surface area contributed by atoms with Crippen LogP contribution in [0.1, 0.15) is 46.3 Å². The molecule has 2 aromatic carbocycles. The molecule has 1 unspecified atom stereocenters. The lowest BCUT2D eigenvalue weighted by Gasteiger charge is -2.25. The van der Waals surface area contributed by atoms with E-state index in [2.05, 4.69) is 11.4 Å². The number of hydroxylamine groups is 2. The highest BCUT2D eigenvalue weighted by Crippen LogP contribution is 2.43. The van der Waals surface area contributed by atoms with Gasteiger partial charge in [-0.15, -0.1) is 6.58 Å². The number of allylic oxidation sites excluding steroid dienone is 1. The Bertz CT molecular complexity index is 1400. The van der Waals surface area contributed by atoms with Crippen molar-refractivity contribution in [3.63, 3.8) is 0 Å². The number of carbonyl (C=O) groups excluding carboxylic acids is 2. The van der Waals surface area contributed by atoms with Gasteiger partial charge >= 0.3 is 18.5 Å². The van der Waals surface area contributed by atoms with E-state index < -0.39 is 99.8 Å². The van der Waals surface area contributed by atoms with Crippen molar-refractivity contribution in [2.45, 2.75) is 37.8 Å². The standard InChI is InChI=1S/C27H20Cl3F10NO3/c1-3-6-44-41(12-25(32,33)34)24(43)13(2)7-22(42)16-5-4-14(8-18(16)27(38,39)40)21(31)11-17(26(35,36)37)15-9-19(28)23(30)20(29)10-15/h3-5,8-11,13,17H,1,6-7,12H2,2H3/b21-11-/t13-,17?/m0/s1. The quantitative estimate of drug-likeness (QED) is 0.0770. The zero-order chi connectivity index (χ0) is 33.8. The molecule has 0 bridgehead atoms. The molecule has 44 heavy (non-hydrogen) atoms. The van der Waals surface area contributed by atoms with Gasteiger partial charge in [-0.25, -0.2) is 9.45 Å². The summed E-state index contributed by atoms with van der Waals surface area (Å²) in [6.45, 7) is 1.77. The third kappa shape index (κ3) is 10.1. The maximum absolute atomic E-state index is 15.1. The van der Waals surface area contributed by atoms with Crippen molar-refractivity contribution in [3.05, 3.63) is 86.4 Å². The van der Waals surface area contributed by atoms with Gasteiger partial charge in [0.2, 0.25) is 5.91 Å². The molecule has 4 nitrogen and oxygen atoms in total. The molecule has 0 heterocycles. The summed E-state index contributed by atoms with van der Waals surface area (Å²) in [7, 11) is 0. The minimum absolute atomic E-state index is 0.0217. The summed E-state index contributed by atoms with van der Waals surface area (Å²) < 4.78 is 137. The third-order valence-electron chi connectivity index (χ3n) is 5.76. The molecule has 0 saturated carbocycles. The van der Waals surface area contributed by atoms with Gasteiger partial charge in [-0.2, -0.15) is 39.5 Å². The monoisotopic (exact) mass is 701 g/mol. The van der Waals surface area contributed by atoms with Gasteiger partial charge in [0.25, 0.3) is 0 Å². The van der Waals surface area contributed by atoms with E-state index >= 15 is 4.39 Å². The molecule has 0 aliphatic heterocycles. The first-order chi connectivity index (χ1) is 20.1. The minimum atomic E-state index is -5.34. The molecule has 2 atom stereocenters. The number of amides is 1. The maximum Gasteiger partial charge on any atom is 0.417 e. The van der Waals surface area contributed by atoms with Gasteiger partial charge in [0.15, 0.2) is 5.78 Å². The molecule has 2 rings (SSSR count). The molecule has 2 aromatic rings. The van der Waals surface area contributed by atoms with Gasteiger partial charge in [-0.1, -0.05) is 59.9 Å². The van der Waals surface area contributed by atoms with Crippen molar-refractivity contribution in [1.29, 1.82) is 0 Å². The normalized spacial score (nSPS) is 14.3. The first-order valence-corrected chi connectivity index (χ1v) is 13.1. The Balaban J connectivity index is 2.47. The van der Waals surface area contributed by atoms with Crippen LogP contribution in [0.25, 0.3) is 5.83 Å². The summed E-state index contributed by atoms with van der Waals surface area (Å²) in [5, 5.41) is -1.20. The van der Waals surface area contributed by atoms with Crippen LogP contribution in [0.15, 0.2) is 49.1 Å². The number of rotatable bonds is 11. The van der Waals surface area contributed by atoms with E-state index in [1.54, 1.807) is 0 Å². The first kappa shape index (κ1) is 37.4. The smallest absolute Gasteiger partial charge is 0.294 e. The Hall–Kier alpha value is -2.81. The average Bonchev–Trinajstić information content (AvgIpc) is 2.89. The Morgan fingerprint density at radius 2 is 1.55 bits per heavy atom. The molecule has 242 valence electrons. The minimum Gasteiger partial charge on any atom is -0.294 e. The molecule has 17 heteroatoms. The second-order valence-corrected chi connectivity index (χ2v) is 10.4. The number of ketones is 1. The van der Waals surface area contributed by atoms with Crippen molar-refractivity contribution >= 4 is 52.3 Å². The average molecular weight is 703 g/mol. The molecular weight excluding hydrogens is 683 g/mol. The van der Waals surface area contributed by atoms with Crippen LogP contribution in [0.5, 0.6) is 0 Å². The van der Waals surface area contributed by atoms with Crippen LogP contribution in [0.2, 0.25) is 15.1 Å². The Labute approximate surface area is 258 Å². The number of Topliss-reactive ketones (excluding diaryl/α,β-unsaturated/α-hetero) is 1. The van der Waals surface area contributed by atoms with E-state index in [-0.39, 0.29) is 22.2 Å². The topological polar surface area (TPSA) is 46.6 Å². The molecule has 0 N–H and O–H groups in total. The van der Waals surface area contributed by atoms with E-state index in [1.807, 2.05) is 0 Å². The highest BCUT2D eigenvalue weighted by Gasteiger charge is 2.41. The molecule has 0 aromatic heterocycles. The van der Waals surface area contributed by atoms with Gasteiger partial charge in [-0.3, -0.25) is 14.4 Å². The molecule has 0 spiro atoms. The SMILES string of the molecule is C=CCON(CC(F)(F)F)C(=O)[C@@H](C)CC(=O)c1ccc(/C(F)=C/C(c2cc(Cl)c(Cl)c(Cl)c2)C(F)(F)F)cc1C(F)(F)F. The van der Waals surface area contributed by atoms with Crippen molar-refractivity contribution in [2.75, 3.05) is 13.2 Å². The van der Waals surface area contributed by atoms with Crippen molar-refractivity contribution < 1.29 is 58.3 Å². The molecule has 1 amide bonds. The molecular formula is C27H20Cl3F10NO3. The lowest BCUT2D eigenvalue weighted by Crippen LogP contribution is -2.42. The van der Waals surface area contributed by atoms with Gasteiger partial charge in [0.1, 0.15) is 18.3 Å². The molecule has 0 aliphatic carbocycles.